The van der Waals surface area contributed by atoms with Crippen LogP contribution in [0.25, 0.3) is 6.20 Å². The summed E-state index contributed by atoms with van der Waals surface area (Å²) in [7, 11) is 0. The predicted octanol–water partition coefficient (Wildman–Crippen LogP) is 3.23. The lowest BCUT2D eigenvalue weighted by molar-refractivity contribution is 0.340. The highest BCUT2D eigenvalue weighted by atomic mass is 16.5. The first-order valence-corrected chi connectivity index (χ1v) is 6.84. The number of benzene rings is 1. The van der Waals surface area contributed by atoms with Crippen molar-refractivity contribution in [3.63, 3.8) is 0 Å². The molecule has 1 N–H and O–H groups in total. The molecule has 106 valence electrons. The maximum absolute atomic E-state index is 5.44. The van der Waals surface area contributed by atoms with E-state index in [0.29, 0.717) is 6.61 Å². The Hall–Kier alpha value is -2.07. The fourth-order valence-corrected chi connectivity index (χ4v) is 1.98. The van der Waals surface area contributed by atoms with Gasteiger partial charge in [0.15, 0.2) is 0 Å². The zero-order valence-electron chi connectivity index (χ0n) is 12.0. The van der Waals surface area contributed by atoms with Crippen LogP contribution in [-0.2, 0) is 6.54 Å². The van der Waals surface area contributed by atoms with E-state index in [4.69, 9.17) is 4.74 Å². The molecule has 4 heteroatoms. The number of nitrogens with one attached hydrogen (secondary N) is 1. The van der Waals surface area contributed by atoms with Gasteiger partial charge in [-0.15, -0.1) is 0 Å². The van der Waals surface area contributed by atoms with Crippen LogP contribution in [0, 0.1) is 0 Å². The van der Waals surface area contributed by atoms with E-state index < -0.39 is 0 Å². The zero-order chi connectivity index (χ0) is 14.4. The van der Waals surface area contributed by atoms with Crippen molar-refractivity contribution in [1.29, 1.82) is 0 Å². The Balaban J connectivity index is 1.90. The van der Waals surface area contributed by atoms with Gasteiger partial charge in [-0.25, -0.2) is 4.68 Å². The molecule has 0 saturated heterocycles. The van der Waals surface area contributed by atoms with Gasteiger partial charge in [0.1, 0.15) is 5.75 Å². The second-order valence-corrected chi connectivity index (χ2v) is 4.62. The van der Waals surface area contributed by atoms with Gasteiger partial charge in [-0.2, -0.15) is 5.10 Å². The summed E-state index contributed by atoms with van der Waals surface area (Å²) in [5.74, 6) is 0.913. The van der Waals surface area contributed by atoms with E-state index >= 15 is 0 Å². The summed E-state index contributed by atoms with van der Waals surface area (Å²) in [6.07, 6.45) is 5.49. The van der Waals surface area contributed by atoms with Gasteiger partial charge in [0.25, 0.3) is 0 Å². The molecule has 1 heterocycles. The van der Waals surface area contributed by atoms with Crippen molar-refractivity contribution in [2.45, 2.75) is 26.4 Å². The van der Waals surface area contributed by atoms with Gasteiger partial charge in [-0.05, 0) is 31.5 Å². The molecule has 0 spiro atoms. The van der Waals surface area contributed by atoms with Crippen LogP contribution in [0.15, 0.2) is 43.2 Å². The lowest BCUT2D eigenvalue weighted by atomic mass is 10.1. The minimum Gasteiger partial charge on any atom is -0.494 e. The summed E-state index contributed by atoms with van der Waals surface area (Å²) < 4.78 is 7.15. The summed E-state index contributed by atoms with van der Waals surface area (Å²) in [5, 5.41) is 7.64. The van der Waals surface area contributed by atoms with E-state index in [2.05, 4.69) is 36.1 Å². The van der Waals surface area contributed by atoms with Gasteiger partial charge in [-0.1, -0.05) is 18.7 Å². The van der Waals surface area contributed by atoms with Crippen LogP contribution >= 0.6 is 0 Å². The Morgan fingerprint density at radius 1 is 1.40 bits per heavy atom. The smallest absolute Gasteiger partial charge is 0.119 e. The van der Waals surface area contributed by atoms with E-state index in [1.807, 2.05) is 31.5 Å². The molecule has 0 radical (unpaired) electrons. The molecule has 0 amide bonds. The Morgan fingerprint density at radius 2 is 2.15 bits per heavy atom. The summed E-state index contributed by atoms with van der Waals surface area (Å²) >= 11 is 0. The Kier molecular flexibility index (Phi) is 4.96. The van der Waals surface area contributed by atoms with Gasteiger partial charge in [0, 0.05) is 30.5 Å². The van der Waals surface area contributed by atoms with Crippen LogP contribution < -0.4 is 10.1 Å². The van der Waals surface area contributed by atoms with Crippen LogP contribution in [0.4, 0.5) is 0 Å². The van der Waals surface area contributed by atoms with Gasteiger partial charge in [-0.3, -0.25) is 0 Å². The molecule has 4 nitrogen and oxygen atoms in total. The van der Waals surface area contributed by atoms with Crippen LogP contribution in [0.1, 0.15) is 31.0 Å². The van der Waals surface area contributed by atoms with Gasteiger partial charge >= 0.3 is 0 Å². The van der Waals surface area contributed by atoms with Crippen molar-refractivity contribution < 1.29 is 4.74 Å². The molecule has 2 aromatic rings. The molecule has 1 unspecified atom stereocenters. The predicted molar refractivity (Wildman–Crippen MR) is 81.5 cm³/mol. The second-order valence-electron chi connectivity index (χ2n) is 4.62. The van der Waals surface area contributed by atoms with Crippen LogP contribution in [0.5, 0.6) is 5.75 Å². The fraction of sp³-hybridized carbons (Fsp3) is 0.312. The van der Waals surface area contributed by atoms with Crippen molar-refractivity contribution in [2.75, 3.05) is 6.61 Å². The first-order chi connectivity index (χ1) is 9.72. The summed E-state index contributed by atoms with van der Waals surface area (Å²) in [5.41, 5.74) is 2.38. The normalized spacial score (nSPS) is 12.1. The monoisotopic (exact) mass is 271 g/mol. The second kappa shape index (κ2) is 6.91. The first kappa shape index (κ1) is 14.3. The summed E-state index contributed by atoms with van der Waals surface area (Å²) in [6, 6.07) is 8.48. The molecule has 0 aliphatic carbocycles. The van der Waals surface area contributed by atoms with Crippen LogP contribution in [0.2, 0.25) is 0 Å². The van der Waals surface area contributed by atoms with E-state index in [0.717, 1.165) is 17.9 Å². The van der Waals surface area contributed by atoms with E-state index in [1.54, 1.807) is 10.9 Å². The molecule has 0 saturated carbocycles. The number of nitrogens with zero attached hydrogens (tertiary/aromatic N) is 2. The highest BCUT2D eigenvalue weighted by molar-refractivity contribution is 5.29. The maximum atomic E-state index is 5.44. The minimum atomic E-state index is 0.276. The number of ether oxygens (including phenoxy) is 1. The Morgan fingerprint density at radius 3 is 2.75 bits per heavy atom. The maximum Gasteiger partial charge on any atom is 0.119 e. The highest BCUT2D eigenvalue weighted by Crippen LogP contribution is 2.18. The number of rotatable bonds is 7. The standard InChI is InChI=1S/C16H21N3O/c1-4-19-12-14(11-18-19)10-17-13(3)15-6-8-16(9-7-15)20-5-2/h4,6-9,11-13,17H,1,5,10H2,2-3H3. The minimum absolute atomic E-state index is 0.276. The van der Waals surface area contributed by atoms with Crippen LogP contribution in [0.3, 0.4) is 0 Å². The van der Waals surface area contributed by atoms with Gasteiger partial charge in [0.2, 0.25) is 0 Å². The molecule has 20 heavy (non-hydrogen) atoms. The summed E-state index contributed by atoms with van der Waals surface area (Å²) in [4.78, 5) is 0. The average molecular weight is 271 g/mol. The molecule has 1 aromatic carbocycles. The fourth-order valence-electron chi connectivity index (χ4n) is 1.98. The van der Waals surface area contributed by atoms with Gasteiger partial charge in [0.05, 0.1) is 12.8 Å². The summed E-state index contributed by atoms with van der Waals surface area (Å²) in [6.45, 7) is 9.29. The topological polar surface area (TPSA) is 39.1 Å². The first-order valence-electron chi connectivity index (χ1n) is 6.84. The molecule has 1 atom stereocenters. The lowest BCUT2D eigenvalue weighted by Gasteiger charge is -2.14. The van der Waals surface area contributed by atoms with Gasteiger partial charge < -0.3 is 10.1 Å². The number of hydrogen-bond acceptors (Lipinski definition) is 3. The van der Waals surface area contributed by atoms with E-state index in [-0.39, 0.29) is 6.04 Å². The lowest BCUT2D eigenvalue weighted by Crippen LogP contribution is -2.17. The van der Waals surface area contributed by atoms with E-state index in [1.165, 1.54) is 5.56 Å². The molecule has 0 bridgehead atoms. The van der Waals surface area contributed by atoms with Crippen LogP contribution in [-0.4, -0.2) is 16.4 Å². The highest BCUT2D eigenvalue weighted by Gasteiger charge is 2.06. The molecule has 1 aromatic heterocycles. The molecule has 0 fully saturated rings. The van der Waals surface area contributed by atoms with E-state index in [9.17, 15) is 0 Å². The van der Waals surface area contributed by atoms with Crippen molar-refractivity contribution in [3.05, 3.63) is 54.4 Å². The molecular formula is C16H21N3O. The quantitative estimate of drug-likeness (QED) is 0.840. The average Bonchev–Trinajstić information content (AvgIpc) is 2.94. The van der Waals surface area contributed by atoms with Crippen molar-refractivity contribution >= 4 is 6.20 Å². The number of hydrogen-bond donors (Lipinski definition) is 1. The zero-order valence-corrected chi connectivity index (χ0v) is 12.0. The third-order valence-corrected chi connectivity index (χ3v) is 3.15. The molecule has 0 aliphatic rings. The third kappa shape index (κ3) is 3.71. The Bertz CT molecular complexity index is 545. The van der Waals surface area contributed by atoms with Crippen molar-refractivity contribution in [2.24, 2.45) is 0 Å². The molecule has 0 aliphatic heterocycles. The molecular weight excluding hydrogens is 250 g/mol. The van der Waals surface area contributed by atoms with Crippen molar-refractivity contribution in [3.8, 4) is 5.75 Å². The molecule has 2 rings (SSSR count). The third-order valence-electron chi connectivity index (χ3n) is 3.15. The largest absolute Gasteiger partial charge is 0.494 e. The van der Waals surface area contributed by atoms with Crippen molar-refractivity contribution in [1.82, 2.24) is 15.1 Å². The number of aromatic nitrogens is 2. The SMILES string of the molecule is C=Cn1cc(CNC(C)c2ccc(OCC)cc2)cn1. The Labute approximate surface area is 120 Å².